The second kappa shape index (κ2) is 9.19. The minimum atomic E-state index is -0.903. The van der Waals surface area contributed by atoms with E-state index in [0.717, 1.165) is 32.4 Å². The van der Waals surface area contributed by atoms with Crippen LogP contribution in [0.15, 0.2) is 42.5 Å². The van der Waals surface area contributed by atoms with Crippen molar-refractivity contribution in [2.45, 2.75) is 49.5 Å². The van der Waals surface area contributed by atoms with Gasteiger partial charge in [-0.3, -0.25) is 4.90 Å². The minimum Gasteiger partial charge on any atom is -0.508 e. The quantitative estimate of drug-likeness (QED) is 0.358. The summed E-state index contributed by atoms with van der Waals surface area (Å²) in [6, 6.07) is 11.8. The Morgan fingerprint density at radius 3 is 2.80 bits per heavy atom. The zero-order valence-corrected chi connectivity index (χ0v) is 22.4. The molecule has 0 radical (unpaired) electrons. The first kappa shape index (κ1) is 25.1. The molecule has 2 bridgehead atoms. The SMILES string of the molecule is Oc1cc(-c2c(F)cc3c(N4C[C@@H]5C[C@H]4CN5)nc(OC[C@@]45CCCN4C[C@H](F)C5)nc3c2F)c2ccccc2c1. The largest absolute Gasteiger partial charge is 0.508 e. The zero-order chi connectivity index (χ0) is 27.9. The third-order valence-corrected chi connectivity index (χ3v) is 9.52. The molecule has 1 aromatic heterocycles. The topological polar surface area (TPSA) is 73.8 Å². The first-order valence-electron chi connectivity index (χ1n) is 14.3. The number of nitrogens with one attached hydrogen (secondary N) is 1. The number of ether oxygens (including phenoxy) is 1. The smallest absolute Gasteiger partial charge is 0.319 e. The Labute approximate surface area is 234 Å². The number of hydrogen-bond donors (Lipinski definition) is 2. The summed E-state index contributed by atoms with van der Waals surface area (Å²) in [4.78, 5) is 13.5. The first-order valence-corrected chi connectivity index (χ1v) is 14.3. The third kappa shape index (κ3) is 3.94. The molecule has 4 saturated heterocycles. The molecule has 0 saturated carbocycles. The fourth-order valence-electron chi connectivity index (χ4n) is 7.66. The molecule has 10 heteroatoms. The van der Waals surface area contributed by atoms with Crippen molar-refractivity contribution in [1.29, 1.82) is 0 Å². The zero-order valence-electron chi connectivity index (χ0n) is 22.4. The number of piperazine rings is 1. The van der Waals surface area contributed by atoms with Gasteiger partial charge >= 0.3 is 6.01 Å². The maximum absolute atomic E-state index is 16.6. The fourth-order valence-corrected chi connectivity index (χ4v) is 7.66. The molecule has 4 atom stereocenters. The van der Waals surface area contributed by atoms with E-state index in [0.29, 0.717) is 36.1 Å². The van der Waals surface area contributed by atoms with Crippen LogP contribution in [0, 0.1) is 11.6 Å². The van der Waals surface area contributed by atoms with Crippen molar-refractivity contribution in [3.05, 3.63) is 54.1 Å². The number of fused-ring (bicyclic) bond motifs is 5. The van der Waals surface area contributed by atoms with Gasteiger partial charge in [-0.05, 0) is 60.3 Å². The Hall–Kier alpha value is -3.63. The Balaban J connectivity index is 1.28. The Bertz CT molecular complexity index is 1700. The lowest BCUT2D eigenvalue weighted by atomic mass is 9.95. The summed E-state index contributed by atoms with van der Waals surface area (Å²) in [7, 11) is 0. The van der Waals surface area contributed by atoms with Gasteiger partial charge in [-0.15, -0.1) is 0 Å². The number of aromatic nitrogens is 2. The van der Waals surface area contributed by atoms with Crippen LogP contribution in [0.3, 0.4) is 0 Å². The lowest BCUT2D eigenvalue weighted by molar-refractivity contribution is 0.107. The number of phenols is 1. The van der Waals surface area contributed by atoms with Crippen molar-refractivity contribution in [1.82, 2.24) is 20.2 Å². The molecule has 0 unspecified atom stereocenters. The number of rotatable bonds is 5. The second-order valence-corrected chi connectivity index (χ2v) is 12.0. The van der Waals surface area contributed by atoms with E-state index >= 15 is 8.78 Å². The molecular weight excluding hydrogens is 531 g/mol. The Morgan fingerprint density at radius 1 is 1.10 bits per heavy atom. The lowest BCUT2D eigenvalue weighted by Gasteiger charge is -2.32. The van der Waals surface area contributed by atoms with Crippen LogP contribution in [0.4, 0.5) is 19.0 Å². The predicted octanol–water partition coefficient (Wildman–Crippen LogP) is 4.94. The normalized spacial score (nSPS) is 27.4. The summed E-state index contributed by atoms with van der Waals surface area (Å²) in [5.74, 6) is -1.24. The number of hydrogen-bond acceptors (Lipinski definition) is 7. The van der Waals surface area contributed by atoms with E-state index in [-0.39, 0.29) is 52.5 Å². The molecule has 4 aliphatic heterocycles. The number of halogens is 3. The van der Waals surface area contributed by atoms with Gasteiger partial charge in [-0.1, -0.05) is 24.3 Å². The average molecular weight is 562 g/mol. The number of alkyl halides is 1. The lowest BCUT2D eigenvalue weighted by Crippen LogP contribution is -2.44. The van der Waals surface area contributed by atoms with E-state index in [1.54, 1.807) is 30.3 Å². The molecule has 2 N–H and O–H groups in total. The molecule has 3 aromatic carbocycles. The van der Waals surface area contributed by atoms with Crippen LogP contribution in [0.25, 0.3) is 32.8 Å². The molecule has 0 amide bonds. The molecule has 4 fully saturated rings. The molecule has 4 aromatic rings. The number of phenolic OH excluding ortho intramolecular Hbond substituents is 1. The van der Waals surface area contributed by atoms with Gasteiger partial charge in [0.1, 0.15) is 35.7 Å². The summed E-state index contributed by atoms with van der Waals surface area (Å²) < 4.78 is 53.0. The summed E-state index contributed by atoms with van der Waals surface area (Å²) in [5.41, 5.74) is -0.479. The van der Waals surface area contributed by atoms with Gasteiger partial charge < -0.3 is 20.1 Å². The van der Waals surface area contributed by atoms with Crippen LogP contribution >= 0.6 is 0 Å². The van der Waals surface area contributed by atoms with Gasteiger partial charge in [-0.2, -0.15) is 9.97 Å². The molecule has 212 valence electrons. The maximum Gasteiger partial charge on any atom is 0.319 e. The van der Waals surface area contributed by atoms with Crippen LogP contribution in [-0.2, 0) is 0 Å². The molecule has 7 nitrogen and oxygen atoms in total. The monoisotopic (exact) mass is 561 g/mol. The van der Waals surface area contributed by atoms with E-state index in [9.17, 15) is 9.50 Å². The van der Waals surface area contributed by atoms with E-state index in [2.05, 4.69) is 20.1 Å². The minimum absolute atomic E-state index is 0.00370. The molecule has 0 spiro atoms. The number of anilines is 1. The highest BCUT2D eigenvalue weighted by molar-refractivity contribution is 6.01. The van der Waals surface area contributed by atoms with Crippen LogP contribution in [0.2, 0.25) is 0 Å². The molecule has 0 aliphatic carbocycles. The van der Waals surface area contributed by atoms with Crippen molar-refractivity contribution in [3.63, 3.8) is 0 Å². The Kier molecular flexibility index (Phi) is 5.63. The summed E-state index contributed by atoms with van der Waals surface area (Å²) in [6.45, 7) is 2.86. The van der Waals surface area contributed by atoms with Gasteiger partial charge in [0.05, 0.1) is 11.1 Å². The molecule has 8 rings (SSSR count). The van der Waals surface area contributed by atoms with Gasteiger partial charge in [0.2, 0.25) is 0 Å². The van der Waals surface area contributed by atoms with Crippen molar-refractivity contribution < 1.29 is 23.0 Å². The van der Waals surface area contributed by atoms with Gasteiger partial charge in [-0.25, -0.2) is 13.2 Å². The molecule has 4 aliphatic rings. The molecular formula is C31H30F3N5O2. The van der Waals surface area contributed by atoms with E-state index in [1.165, 1.54) is 12.1 Å². The second-order valence-electron chi connectivity index (χ2n) is 12.0. The maximum atomic E-state index is 16.6. The summed E-state index contributed by atoms with van der Waals surface area (Å²) in [6.07, 6.45) is 2.21. The van der Waals surface area contributed by atoms with Crippen molar-refractivity contribution in [2.75, 3.05) is 37.7 Å². The summed E-state index contributed by atoms with van der Waals surface area (Å²) in [5, 5.41) is 15.4. The van der Waals surface area contributed by atoms with Crippen molar-refractivity contribution >= 4 is 27.5 Å². The van der Waals surface area contributed by atoms with Gasteiger partial charge in [0.15, 0.2) is 5.82 Å². The van der Waals surface area contributed by atoms with E-state index < -0.39 is 23.3 Å². The average Bonchev–Trinajstić information content (AvgIpc) is 3.73. The highest BCUT2D eigenvalue weighted by Gasteiger charge is 2.49. The van der Waals surface area contributed by atoms with Crippen molar-refractivity contribution in [3.8, 4) is 22.9 Å². The standard InChI is InChI=1S/C31H30F3N5O2/c32-18-12-31(6-3-7-38(31)14-18)16-41-30-36-28-24(29(37-30)39-15-19-9-20(39)13-35-19)11-25(33)26(27(28)34)23-10-21(40)8-17-4-1-2-5-22(17)23/h1-2,4-5,8,10-11,18-20,35,40H,3,6-7,9,12-16H2/t18-,19+,20+,31+/m1/s1. The van der Waals surface area contributed by atoms with Crippen LogP contribution in [0.5, 0.6) is 11.8 Å². The van der Waals surface area contributed by atoms with Crippen LogP contribution < -0.4 is 15.0 Å². The predicted molar refractivity (Wildman–Crippen MR) is 150 cm³/mol. The van der Waals surface area contributed by atoms with E-state index in [1.807, 2.05) is 0 Å². The van der Waals surface area contributed by atoms with Crippen LogP contribution in [-0.4, -0.2) is 76.6 Å². The van der Waals surface area contributed by atoms with Crippen molar-refractivity contribution in [2.24, 2.45) is 0 Å². The van der Waals surface area contributed by atoms with Gasteiger partial charge in [0, 0.05) is 43.5 Å². The highest BCUT2D eigenvalue weighted by atomic mass is 19.1. The fraction of sp³-hybridized carbons (Fsp3) is 0.419. The van der Waals surface area contributed by atoms with Crippen LogP contribution in [0.1, 0.15) is 25.7 Å². The third-order valence-electron chi connectivity index (χ3n) is 9.52. The van der Waals surface area contributed by atoms with E-state index in [4.69, 9.17) is 9.72 Å². The molecule has 5 heterocycles. The highest BCUT2D eigenvalue weighted by Crippen LogP contribution is 2.43. The Morgan fingerprint density at radius 2 is 1.98 bits per heavy atom. The van der Waals surface area contributed by atoms with Gasteiger partial charge in [0.25, 0.3) is 0 Å². The number of nitrogens with zero attached hydrogens (tertiary/aromatic N) is 4. The number of aromatic hydroxyl groups is 1. The molecule has 41 heavy (non-hydrogen) atoms. The first-order chi connectivity index (χ1) is 19.9. The number of benzene rings is 3. The summed E-state index contributed by atoms with van der Waals surface area (Å²) >= 11 is 0.